The summed E-state index contributed by atoms with van der Waals surface area (Å²) in [6, 6.07) is 5.01. The molecule has 2 aromatic rings. The van der Waals surface area contributed by atoms with Gasteiger partial charge in [0.25, 0.3) is 0 Å². The minimum Gasteiger partial charge on any atom is -0.422 e. The molecule has 0 saturated carbocycles. The minimum absolute atomic E-state index is 0.219. The van der Waals surface area contributed by atoms with Crippen LogP contribution >= 0.6 is 0 Å². The molecule has 6 heteroatoms. The first kappa shape index (κ1) is 8.92. The van der Waals surface area contributed by atoms with Gasteiger partial charge < -0.3 is 10.0 Å². The highest BCUT2D eigenvalue weighted by Gasteiger charge is 2.12. The van der Waals surface area contributed by atoms with E-state index in [1.165, 1.54) is 0 Å². The van der Waals surface area contributed by atoms with Crippen LogP contribution in [0.4, 0.5) is 0 Å². The number of rotatable bonds is 2. The molecule has 2 rings (SSSR count). The monoisotopic (exact) mass is 189 g/mol. The van der Waals surface area contributed by atoms with E-state index in [1.54, 1.807) is 41.5 Å². The molecule has 0 atom stereocenters. The summed E-state index contributed by atoms with van der Waals surface area (Å²) < 4.78 is 1.69. The molecule has 0 aliphatic rings. The molecule has 0 amide bonds. The molecule has 0 saturated heterocycles. The smallest absolute Gasteiger partial charge is 0.422 e. The van der Waals surface area contributed by atoms with Crippen molar-refractivity contribution in [1.82, 2.24) is 14.5 Å². The van der Waals surface area contributed by atoms with Crippen molar-refractivity contribution in [3.8, 4) is 5.82 Å². The molecule has 0 bridgehead atoms. The van der Waals surface area contributed by atoms with Crippen LogP contribution in [0.1, 0.15) is 0 Å². The van der Waals surface area contributed by atoms with Crippen molar-refractivity contribution in [3.05, 3.63) is 36.9 Å². The third-order valence-electron chi connectivity index (χ3n) is 1.79. The van der Waals surface area contributed by atoms with Crippen molar-refractivity contribution < 1.29 is 10.0 Å². The predicted octanol–water partition coefficient (Wildman–Crippen LogP) is -1.05. The van der Waals surface area contributed by atoms with E-state index in [0.29, 0.717) is 5.82 Å². The SMILES string of the molecule is OB(O)c1cccc(-n2ccnc2)n1. The van der Waals surface area contributed by atoms with E-state index in [2.05, 4.69) is 9.97 Å². The lowest BCUT2D eigenvalue weighted by molar-refractivity contribution is 0.424. The number of hydrogen-bond acceptors (Lipinski definition) is 4. The first-order valence-corrected chi connectivity index (χ1v) is 4.09. The largest absolute Gasteiger partial charge is 0.508 e. The molecule has 0 spiro atoms. The number of imidazole rings is 1. The van der Waals surface area contributed by atoms with Gasteiger partial charge in [0, 0.05) is 12.4 Å². The average molecular weight is 189 g/mol. The Hall–Kier alpha value is -1.66. The maximum atomic E-state index is 8.91. The summed E-state index contributed by atoms with van der Waals surface area (Å²) in [5, 5.41) is 17.8. The second kappa shape index (κ2) is 3.61. The topological polar surface area (TPSA) is 71.2 Å². The average Bonchev–Trinajstić information content (AvgIpc) is 2.71. The van der Waals surface area contributed by atoms with Crippen LogP contribution in [-0.4, -0.2) is 31.7 Å². The Kier molecular flexibility index (Phi) is 2.30. The van der Waals surface area contributed by atoms with E-state index >= 15 is 0 Å². The Bertz CT molecular complexity index is 416. The fourth-order valence-electron chi connectivity index (χ4n) is 1.12. The second-order valence-electron chi connectivity index (χ2n) is 2.76. The number of nitrogens with zero attached hydrogens (tertiary/aromatic N) is 3. The first-order chi connectivity index (χ1) is 6.77. The molecule has 0 aliphatic carbocycles. The molecule has 0 aromatic carbocycles. The van der Waals surface area contributed by atoms with Crippen LogP contribution in [0, 0.1) is 0 Å². The summed E-state index contributed by atoms with van der Waals surface area (Å²) in [5.74, 6) is 0.605. The number of pyridine rings is 1. The zero-order chi connectivity index (χ0) is 9.97. The van der Waals surface area contributed by atoms with Crippen LogP contribution in [0.2, 0.25) is 0 Å². The van der Waals surface area contributed by atoms with Gasteiger partial charge in [-0.2, -0.15) is 0 Å². The van der Waals surface area contributed by atoms with Gasteiger partial charge in [-0.25, -0.2) is 9.97 Å². The Morgan fingerprint density at radius 3 is 2.79 bits per heavy atom. The fourth-order valence-corrected chi connectivity index (χ4v) is 1.12. The molecule has 2 heterocycles. The van der Waals surface area contributed by atoms with Crippen LogP contribution in [0.3, 0.4) is 0 Å². The molecule has 0 aliphatic heterocycles. The van der Waals surface area contributed by atoms with Gasteiger partial charge >= 0.3 is 7.12 Å². The third kappa shape index (κ3) is 1.66. The van der Waals surface area contributed by atoms with Crippen molar-refractivity contribution in [3.63, 3.8) is 0 Å². The molecule has 14 heavy (non-hydrogen) atoms. The third-order valence-corrected chi connectivity index (χ3v) is 1.79. The lowest BCUT2D eigenvalue weighted by atomic mass is 9.86. The Morgan fingerprint density at radius 2 is 2.14 bits per heavy atom. The highest BCUT2D eigenvalue weighted by Crippen LogP contribution is 1.99. The van der Waals surface area contributed by atoms with E-state index in [9.17, 15) is 0 Å². The van der Waals surface area contributed by atoms with Crippen molar-refractivity contribution in [2.24, 2.45) is 0 Å². The molecule has 5 nitrogen and oxygen atoms in total. The molecule has 0 radical (unpaired) electrons. The highest BCUT2D eigenvalue weighted by atomic mass is 16.4. The van der Waals surface area contributed by atoms with E-state index in [1.807, 2.05) is 0 Å². The summed E-state index contributed by atoms with van der Waals surface area (Å²) in [6.07, 6.45) is 4.95. The fraction of sp³-hybridized carbons (Fsp3) is 0. The molecule has 70 valence electrons. The van der Waals surface area contributed by atoms with Crippen molar-refractivity contribution in [1.29, 1.82) is 0 Å². The highest BCUT2D eigenvalue weighted by molar-refractivity contribution is 6.57. The summed E-state index contributed by atoms with van der Waals surface area (Å²) in [5.41, 5.74) is 0.219. The van der Waals surface area contributed by atoms with Gasteiger partial charge in [0.1, 0.15) is 12.1 Å². The summed E-state index contributed by atoms with van der Waals surface area (Å²) in [4.78, 5) is 7.91. The molecule has 0 fully saturated rings. The van der Waals surface area contributed by atoms with Gasteiger partial charge in [-0.3, -0.25) is 4.57 Å². The normalized spacial score (nSPS) is 10.1. The standard InChI is InChI=1S/C8H8BN3O2/c13-9(14)7-2-1-3-8(11-7)12-5-4-10-6-12/h1-6,13-14H. The summed E-state index contributed by atoms with van der Waals surface area (Å²) in [7, 11) is -1.54. The van der Waals surface area contributed by atoms with Gasteiger partial charge in [-0.15, -0.1) is 0 Å². The van der Waals surface area contributed by atoms with Gasteiger partial charge in [0.2, 0.25) is 0 Å². The Labute approximate surface area is 80.8 Å². The van der Waals surface area contributed by atoms with E-state index in [-0.39, 0.29) is 5.59 Å². The van der Waals surface area contributed by atoms with Crippen LogP contribution in [-0.2, 0) is 0 Å². The molecular weight excluding hydrogens is 181 g/mol. The zero-order valence-corrected chi connectivity index (χ0v) is 7.28. The van der Waals surface area contributed by atoms with Gasteiger partial charge in [0.05, 0.1) is 5.59 Å². The van der Waals surface area contributed by atoms with Crippen LogP contribution < -0.4 is 5.59 Å². The van der Waals surface area contributed by atoms with Gasteiger partial charge in [-0.1, -0.05) is 6.07 Å². The van der Waals surface area contributed by atoms with Crippen LogP contribution in [0.5, 0.6) is 0 Å². The lowest BCUT2D eigenvalue weighted by Gasteiger charge is -2.03. The van der Waals surface area contributed by atoms with E-state index in [4.69, 9.17) is 10.0 Å². The Balaban J connectivity index is 2.41. The Morgan fingerprint density at radius 1 is 1.29 bits per heavy atom. The molecule has 2 aromatic heterocycles. The van der Waals surface area contributed by atoms with E-state index in [0.717, 1.165) is 0 Å². The molecular formula is C8H8BN3O2. The van der Waals surface area contributed by atoms with Crippen LogP contribution in [0.25, 0.3) is 5.82 Å². The maximum absolute atomic E-state index is 8.91. The van der Waals surface area contributed by atoms with E-state index < -0.39 is 7.12 Å². The first-order valence-electron chi connectivity index (χ1n) is 4.09. The van der Waals surface area contributed by atoms with Crippen molar-refractivity contribution in [2.75, 3.05) is 0 Å². The molecule has 0 unspecified atom stereocenters. The quantitative estimate of drug-likeness (QED) is 0.591. The predicted molar refractivity (Wildman–Crippen MR) is 51.2 cm³/mol. The summed E-state index contributed by atoms with van der Waals surface area (Å²) >= 11 is 0. The zero-order valence-electron chi connectivity index (χ0n) is 7.28. The van der Waals surface area contributed by atoms with Crippen molar-refractivity contribution in [2.45, 2.75) is 0 Å². The molecule has 2 N–H and O–H groups in total. The van der Waals surface area contributed by atoms with Crippen molar-refractivity contribution >= 4 is 12.7 Å². The number of aromatic nitrogens is 3. The van der Waals surface area contributed by atoms with Crippen LogP contribution in [0.15, 0.2) is 36.9 Å². The maximum Gasteiger partial charge on any atom is 0.508 e. The lowest BCUT2D eigenvalue weighted by Crippen LogP contribution is -2.33. The second-order valence-corrected chi connectivity index (χ2v) is 2.76. The van der Waals surface area contributed by atoms with Gasteiger partial charge in [-0.05, 0) is 12.1 Å². The minimum atomic E-state index is -1.54. The number of hydrogen-bond donors (Lipinski definition) is 2. The van der Waals surface area contributed by atoms with Gasteiger partial charge in [0.15, 0.2) is 0 Å². The summed E-state index contributed by atoms with van der Waals surface area (Å²) in [6.45, 7) is 0.